The number of benzene rings is 9. The van der Waals surface area contributed by atoms with Crippen molar-refractivity contribution in [3.05, 3.63) is 200 Å². The van der Waals surface area contributed by atoms with Crippen LogP contribution in [0.3, 0.4) is 0 Å². The third kappa shape index (κ3) is 5.51. The topological polar surface area (TPSA) is 3.24 Å². The zero-order valence-corrected chi connectivity index (χ0v) is 31.4. The standard InChI is InChI=1S/C52H33NS2/c1-2-14-42-35(10-1)11-8-17-43(42)38-13-7-12-37(32-38)34-22-26-39(27-23-34)53(41-30-31-50-47(33-41)45-15-3-5-19-48(45)54-50)40-28-24-36(25-29-40)44-18-9-21-51-52(44)46-16-4-6-20-49(46)55-51/h1-33H. The Hall–Kier alpha value is -6.52. The fourth-order valence-electron chi connectivity index (χ4n) is 8.25. The highest BCUT2D eigenvalue weighted by Gasteiger charge is 2.17. The molecule has 0 aliphatic carbocycles. The first-order chi connectivity index (χ1) is 27.2. The smallest absolute Gasteiger partial charge is 0.0468 e. The van der Waals surface area contributed by atoms with E-state index in [2.05, 4.69) is 205 Å². The summed E-state index contributed by atoms with van der Waals surface area (Å²) in [6, 6.07) is 73.4. The lowest BCUT2D eigenvalue weighted by Gasteiger charge is -2.26. The number of nitrogens with zero attached hydrogens (tertiary/aromatic N) is 1. The Labute approximate surface area is 327 Å². The molecule has 0 radical (unpaired) electrons. The van der Waals surface area contributed by atoms with Gasteiger partial charge in [-0.25, -0.2) is 0 Å². The Morgan fingerprint density at radius 1 is 0.291 bits per heavy atom. The van der Waals surface area contributed by atoms with E-state index in [4.69, 9.17) is 0 Å². The van der Waals surface area contributed by atoms with Crippen molar-refractivity contribution >= 4 is 90.9 Å². The number of hydrogen-bond donors (Lipinski definition) is 0. The predicted octanol–water partition coefficient (Wildman–Crippen LogP) is 16.0. The maximum atomic E-state index is 2.40. The third-order valence-corrected chi connectivity index (χ3v) is 13.2. The van der Waals surface area contributed by atoms with Gasteiger partial charge in [-0.15, -0.1) is 22.7 Å². The van der Waals surface area contributed by atoms with Crippen LogP contribution in [0.2, 0.25) is 0 Å². The molecule has 1 nitrogen and oxygen atoms in total. The molecule has 2 heterocycles. The van der Waals surface area contributed by atoms with Gasteiger partial charge in [-0.05, 0) is 111 Å². The molecule has 0 fully saturated rings. The van der Waals surface area contributed by atoms with E-state index in [0.29, 0.717) is 0 Å². The van der Waals surface area contributed by atoms with Gasteiger partial charge in [-0.1, -0.05) is 133 Å². The van der Waals surface area contributed by atoms with E-state index in [9.17, 15) is 0 Å². The monoisotopic (exact) mass is 735 g/mol. The lowest BCUT2D eigenvalue weighted by atomic mass is 9.95. The van der Waals surface area contributed by atoms with Crippen LogP contribution in [0.4, 0.5) is 17.1 Å². The maximum absolute atomic E-state index is 2.40. The molecule has 9 aromatic carbocycles. The first-order valence-electron chi connectivity index (χ1n) is 18.7. The van der Waals surface area contributed by atoms with Crippen LogP contribution >= 0.6 is 22.7 Å². The quantitative estimate of drug-likeness (QED) is 0.164. The minimum absolute atomic E-state index is 1.12. The van der Waals surface area contributed by atoms with Gasteiger partial charge in [0.05, 0.1) is 0 Å². The minimum atomic E-state index is 1.12. The summed E-state index contributed by atoms with van der Waals surface area (Å²) in [5.74, 6) is 0. The van der Waals surface area contributed by atoms with E-state index in [0.717, 1.165) is 17.1 Å². The van der Waals surface area contributed by atoms with E-state index in [1.165, 1.54) is 84.5 Å². The van der Waals surface area contributed by atoms with Crippen molar-refractivity contribution in [1.29, 1.82) is 0 Å². The minimum Gasteiger partial charge on any atom is -0.310 e. The van der Waals surface area contributed by atoms with Gasteiger partial charge in [0.15, 0.2) is 0 Å². The molecule has 258 valence electrons. The number of rotatable bonds is 6. The number of fused-ring (bicyclic) bond motifs is 7. The Kier molecular flexibility index (Phi) is 7.61. The van der Waals surface area contributed by atoms with Gasteiger partial charge >= 0.3 is 0 Å². The number of thiophene rings is 2. The van der Waals surface area contributed by atoms with Gasteiger partial charge in [0.2, 0.25) is 0 Å². The molecule has 2 aromatic heterocycles. The van der Waals surface area contributed by atoms with Crippen LogP contribution in [-0.2, 0) is 0 Å². The summed E-state index contributed by atoms with van der Waals surface area (Å²) >= 11 is 3.72. The molecular weight excluding hydrogens is 703 g/mol. The van der Waals surface area contributed by atoms with Crippen molar-refractivity contribution in [3.63, 3.8) is 0 Å². The lowest BCUT2D eigenvalue weighted by Crippen LogP contribution is -2.09. The highest BCUT2D eigenvalue weighted by atomic mass is 32.1. The molecule has 0 atom stereocenters. The van der Waals surface area contributed by atoms with Crippen molar-refractivity contribution in [3.8, 4) is 33.4 Å². The Bertz CT molecular complexity index is 3200. The van der Waals surface area contributed by atoms with Crippen LogP contribution < -0.4 is 4.90 Å². The van der Waals surface area contributed by atoms with E-state index < -0.39 is 0 Å². The van der Waals surface area contributed by atoms with Gasteiger partial charge in [0.25, 0.3) is 0 Å². The van der Waals surface area contributed by atoms with Crippen LogP contribution in [0.1, 0.15) is 0 Å². The second-order valence-electron chi connectivity index (χ2n) is 14.1. The van der Waals surface area contributed by atoms with Crippen LogP contribution in [0.25, 0.3) is 84.5 Å². The number of hydrogen-bond acceptors (Lipinski definition) is 3. The van der Waals surface area contributed by atoms with Gasteiger partial charge in [-0.2, -0.15) is 0 Å². The lowest BCUT2D eigenvalue weighted by molar-refractivity contribution is 1.29. The molecule has 0 spiro atoms. The maximum Gasteiger partial charge on any atom is 0.0468 e. The van der Waals surface area contributed by atoms with E-state index in [-0.39, 0.29) is 0 Å². The van der Waals surface area contributed by atoms with E-state index >= 15 is 0 Å². The highest BCUT2D eigenvalue weighted by molar-refractivity contribution is 7.26. The summed E-state index contributed by atoms with van der Waals surface area (Å²) in [4.78, 5) is 2.40. The zero-order valence-electron chi connectivity index (χ0n) is 29.8. The molecule has 11 aromatic rings. The number of anilines is 3. The highest BCUT2D eigenvalue weighted by Crippen LogP contribution is 2.44. The average molecular weight is 736 g/mol. The largest absolute Gasteiger partial charge is 0.310 e. The average Bonchev–Trinajstić information content (AvgIpc) is 3.83. The summed E-state index contributed by atoms with van der Waals surface area (Å²) in [5, 5.41) is 7.78. The zero-order chi connectivity index (χ0) is 36.3. The van der Waals surface area contributed by atoms with Crippen molar-refractivity contribution in [1.82, 2.24) is 0 Å². The molecule has 0 unspecified atom stereocenters. The van der Waals surface area contributed by atoms with Gasteiger partial charge in [0.1, 0.15) is 0 Å². The molecule has 0 aliphatic heterocycles. The van der Waals surface area contributed by atoms with Crippen LogP contribution in [-0.4, -0.2) is 0 Å². The Morgan fingerprint density at radius 3 is 1.65 bits per heavy atom. The van der Waals surface area contributed by atoms with Gasteiger partial charge in [0, 0.05) is 57.4 Å². The fourth-order valence-corrected chi connectivity index (χ4v) is 10.5. The van der Waals surface area contributed by atoms with Crippen molar-refractivity contribution in [2.24, 2.45) is 0 Å². The molecule has 0 amide bonds. The van der Waals surface area contributed by atoms with Crippen molar-refractivity contribution in [2.45, 2.75) is 0 Å². The second kappa shape index (κ2) is 13.1. The van der Waals surface area contributed by atoms with Crippen LogP contribution in [0.5, 0.6) is 0 Å². The third-order valence-electron chi connectivity index (χ3n) is 10.9. The Balaban J connectivity index is 1.01. The second-order valence-corrected chi connectivity index (χ2v) is 16.3. The predicted molar refractivity (Wildman–Crippen MR) is 241 cm³/mol. The SMILES string of the molecule is c1cc(-c2ccc(N(c3ccc(-c4cccc5sc6ccccc6c45)cc3)c3ccc4sc5ccccc5c4c3)cc2)cc(-c2cccc3ccccc23)c1. The van der Waals surface area contributed by atoms with E-state index in [1.54, 1.807) is 0 Å². The molecule has 0 aliphatic rings. The summed E-state index contributed by atoms with van der Waals surface area (Å²) in [6.45, 7) is 0. The summed E-state index contributed by atoms with van der Waals surface area (Å²) in [7, 11) is 0. The molecule has 3 heteroatoms. The molecule has 0 saturated carbocycles. The molecule has 55 heavy (non-hydrogen) atoms. The Morgan fingerprint density at radius 2 is 0.836 bits per heavy atom. The molecule has 11 rings (SSSR count). The summed E-state index contributed by atoms with van der Waals surface area (Å²) in [5.41, 5.74) is 10.7. The first-order valence-corrected chi connectivity index (χ1v) is 20.3. The van der Waals surface area contributed by atoms with Crippen LogP contribution in [0.15, 0.2) is 200 Å². The molecule has 0 N–H and O–H groups in total. The fraction of sp³-hybridized carbons (Fsp3) is 0. The summed E-state index contributed by atoms with van der Waals surface area (Å²) < 4.78 is 5.27. The molecule has 0 saturated heterocycles. The molecular formula is C52H33NS2. The van der Waals surface area contributed by atoms with Crippen molar-refractivity contribution in [2.75, 3.05) is 4.90 Å². The van der Waals surface area contributed by atoms with Crippen LogP contribution in [0, 0.1) is 0 Å². The molecule has 0 bridgehead atoms. The van der Waals surface area contributed by atoms with E-state index in [1.807, 2.05) is 22.7 Å². The normalized spacial score (nSPS) is 11.6. The van der Waals surface area contributed by atoms with Gasteiger partial charge < -0.3 is 4.90 Å². The van der Waals surface area contributed by atoms with Crippen molar-refractivity contribution < 1.29 is 0 Å². The summed E-state index contributed by atoms with van der Waals surface area (Å²) in [6.07, 6.45) is 0. The van der Waals surface area contributed by atoms with Gasteiger partial charge in [-0.3, -0.25) is 0 Å². The first kappa shape index (κ1) is 32.0.